The normalized spacial score (nSPS) is 14.2. The summed E-state index contributed by atoms with van der Waals surface area (Å²) < 4.78 is 0. The second-order valence-electron chi connectivity index (χ2n) is 6.28. The van der Waals surface area contributed by atoms with Crippen LogP contribution in [0.1, 0.15) is 29.9 Å². The van der Waals surface area contributed by atoms with E-state index in [0.717, 1.165) is 12.1 Å². The Labute approximate surface area is 153 Å². The van der Waals surface area contributed by atoms with E-state index in [1.165, 1.54) is 5.56 Å². The van der Waals surface area contributed by atoms with Crippen LogP contribution in [-0.4, -0.2) is 58.0 Å². The van der Waals surface area contributed by atoms with Gasteiger partial charge in [-0.05, 0) is 36.2 Å². The molecule has 3 rings (SSSR count). The van der Waals surface area contributed by atoms with Crippen molar-refractivity contribution in [1.82, 2.24) is 20.0 Å². The molecule has 2 aromatic rings. The summed E-state index contributed by atoms with van der Waals surface area (Å²) in [5, 5.41) is 11.3. The van der Waals surface area contributed by atoms with Crippen molar-refractivity contribution in [2.24, 2.45) is 0 Å². The number of amides is 2. The maximum atomic E-state index is 12.5. The number of hydrogen-bond acceptors (Lipinski definition) is 5. The topological polar surface area (TPSA) is 78.4 Å². The van der Waals surface area contributed by atoms with Gasteiger partial charge in [-0.1, -0.05) is 19.1 Å². The zero-order valence-electron chi connectivity index (χ0n) is 15.1. The minimum atomic E-state index is -0.153. The van der Waals surface area contributed by atoms with E-state index < -0.39 is 0 Å². The van der Waals surface area contributed by atoms with Crippen LogP contribution in [-0.2, 0) is 11.2 Å². The molecule has 7 nitrogen and oxygen atoms in total. The van der Waals surface area contributed by atoms with E-state index in [-0.39, 0.29) is 11.8 Å². The fourth-order valence-corrected chi connectivity index (χ4v) is 2.87. The van der Waals surface area contributed by atoms with E-state index in [4.69, 9.17) is 0 Å². The first-order valence-corrected chi connectivity index (χ1v) is 8.81. The lowest BCUT2D eigenvalue weighted by Crippen LogP contribution is -2.50. The van der Waals surface area contributed by atoms with E-state index in [1.54, 1.807) is 28.9 Å². The van der Waals surface area contributed by atoms with Gasteiger partial charge in [-0.25, -0.2) is 0 Å². The van der Waals surface area contributed by atoms with Gasteiger partial charge in [0.05, 0.1) is 0 Å². The van der Waals surface area contributed by atoms with Crippen LogP contribution >= 0.6 is 0 Å². The van der Waals surface area contributed by atoms with Crippen molar-refractivity contribution in [2.75, 3.05) is 31.5 Å². The van der Waals surface area contributed by atoms with E-state index in [1.807, 2.05) is 12.1 Å². The molecule has 1 aliphatic heterocycles. The zero-order valence-corrected chi connectivity index (χ0v) is 15.1. The Kier molecular flexibility index (Phi) is 5.46. The second kappa shape index (κ2) is 7.95. The molecule has 1 N–H and O–H groups in total. The van der Waals surface area contributed by atoms with Crippen molar-refractivity contribution in [3.8, 4) is 0 Å². The van der Waals surface area contributed by atoms with Crippen molar-refractivity contribution in [3.63, 3.8) is 0 Å². The average Bonchev–Trinajstić information content (AvgIpc) is 2.69. The molecule has 0 saturated carbocycles. The second-order valence-corrected chi connectivity index (χ2v) is 6.28. The summed E-state index contributed by atoms with van der Waals surface area (Å²) in [7, 11) is 0. The third-order valence-electron chi connectivity index (χ3n) is 4.53. The molecular formula is C19H23N5O2. The molecule has 1 aromatic heterocycles. The number of nitrogens with one attached hydrogen (secondary N) is 1. The fourth-order valence-electron chi connectivity index (χ4n) is 2.87. The molecule has 0 radical (unpaired) electrons. The zero-order chi connectivity index (χ0) is 18.5. The lowest BCUT2D eigenvalue weighted by molar-refractivity contribution is -0.130. The molecule has 1 aliphatic rings. The Morgan fingerprint density at radius 1 is 0.962 bits per heavy atom. The molecule has 136 valence electrons. The maximum Gasteiger partial charge on any atom is 0.274 e. The van der Waals surface area contributed by atoms with Gasteiger partial charge in [-0.3, -0.25) is 9.59 Å². The number of rotatable bonds is 4. The number of hydrogen-bond donors (Lipinski definition) is 1. The lowest BCUT2D eigenvalue weighted by atomic mass is 10.1. The van der Waals surface area contributed by atoms with Crippen LogP contribution in [0.25, 0.3) is 0 Å². The first-order valence-electron chi connectivity index (χ1n) is 8.81. The molecule has 0 atom stereocenters. The quantitative estimate of drug-likeness (QED) is 0.910. The highest BCUT2D eigenvalue weighted by molar-refractivity contribution is 5.92. The number of piperazine rings is 1. The van der Waals surface area contributed by atoms with Gasteiger partial charge in [0.1, 0.15) is 0 Å². The van der Waals surface area contributed by atoms with Gasteiger partial charge in [-0.15, -0.1) is 10.2 Å². The van der Waals surface area contributed by atoms with Crippen LogP contribution in [0, 0.1) is 0 Å². The third-order valence-corrected chi connectivity index (χ3v) is 4.53. The smallest absolute Gasteiger partial charge is 0.274 e. The molecule has 26 heavy (non-hydrogen) atoms. The number of benzene rings is 1. The van der Waals surface area contributed by atoms with Crippen LogP contribution in [0.2, 0.25) is 0 Å². The predicted octanol–water partition coefficient (Wildman–Crippen LogP) is 2.09. The monoisotopic (exact) mass is 353 g/mol. The van der Waals surface area contributed by atoms with E-state index in [0.29, 0.717) is 37.7 Å². The van der Waals surface area contributed by atoms with Crippen LogP contribution in [0.4, 0.5) is 11.5 Å². The van der Waals surface area contributed by atoms with E-state index in [9.17, 15) is 9.59 Å². The summed E-state index contributed by atoms with van der Waals surface area (Å²) in [4.78, 5) is 27.3. The minimum Gasteiger partial charge on any atom is -0.339 e. The minimum absolute atomic E-state index is 0.0410. The molecule has 1 fully saturated rings. The summed E-state index contributed by atoms with van der Waals surface area (Å²) >= 11 is 0. The number of anilines is 2. The first kappa shape index (κ1) is 17.8. The molecule has 2 amide bonds. The average molecular weight is 353 g/mol. The number of aryl methyl sites for hydroxylation is 1. The van der Waals surface area contributed by atoms with E-state index in [2.05, 4.69) is 34.6 Å². The molecule has 2 heterocycles. The summed E-state index contributed by atoms with van der Waals surface area (Å²) in [5.74, 6) is 0.478. The lowest BCUT2D eigenvalue weighted by Gasteiger charge is -2.33. The number of nitrogens with zero attached hydrogens (tertiary/aromatic N) is 4. The van der Waals surface area contributed by atoms with Gasteiger partial charge in [0, 0.05) is 38.8 Å². The van der Waals surface area contributed by atoms with Gasteiger partial charge in [0.15, 0.2) is 11.5 Å². The molecule has 1 aromatic carbocycles. The Hall–Kier alpha value is -2.96. The van der Waals surface area contributed by atoms with Crippen molar-refractivity contribution in [3.05, 3.63) is 47.7 Å². The summed E-state index contributed by atoms with van der Waals surface area (Å²) in [6.45, 7) is 5.81. The van der Waals surface area contributed by atoms with Gasteiger partial charge < -0.3 is 15.1 Å². The standard InChI is InChI=1S/C19H23N5O2/c1-3-15-4-6-16(7-5-15)20-18-9-8-17(21-22-18)19(26)24-12-10-23(11-13-24)14(2)25/h4-9H,3,10-13H2,1-2H3,(H,20,22). The highest BCUT2D eigenvalue weighted by Gasteiger charge is 2.24. The maximum absolute atomic E-state index is 12.5. The first-order chi connectivity index (χ1) is 12.6. The van der Waals surface area contributed by atoms with Crippen LogP contribution in [0.15, 0.2) is 36.4 Å². The van der Waals surface area contributed by atoms with Crippen molar-refractivity contribution in [1.29, 1.82) is 0 Å². The summed E-state index contributed by atoms with van der Waals surface area (Å²) in [6, 6.07) is 11.5. The van der Waals surface area contributed by atoms with E-state index >= 15 is 0 Å². The molecule has 0 bridgehead atoms. The Bertz CT molecular complexity index is 766. The Morgan fingerprint density at radius 2 is 1.62 bits per heavy atom. The molecule has 0 aliphatic carbocycles. The third kappa shape index (κ3) is 4.17. The number of carbonyl (C=O) groups excluding carboxylic acids is 2. The summed E-state index contributed by atoms with van der Waals surface area (Å²) in [6.07, 6.45) is 0.998. The Balaban J connectivity index is 1.60. The fraction of sp³-hybridized carbons (Fsp3) is 0.368. The molecule has 0 spiro atoms. The van der Waals surface area contributed by atoms with Crippen LogP contribution in [0.3, 0.4) is 0 Å². The van der Waals surface area contributed by atoms with Crippen LogP contribution in [0.5, 0.6) is 0 Å². The van der Waals surface area contributed by atoms with Crippen molar-refractivity contribution in [2.45, 2.75) is 20.3 Å². The highest BCUT2D eigenvalue weighted by atomic mass is 16.2. The van der Waals surface area contributed by atoms with Gasteiger partial charge in [-0.2, -0.15) is 0 Å². The SMILES string of the molecule is CCc1ccc(Nc2ccc(C(=O)N3CCN(C(C)=O)CC3)nn2)cc1. The molecule has 1 saturated heterocycles. The number of aromatic nitrogens is 2. The highest BCUT2D eigenvalue weighted by Crippen LogP contribution is 2.16. The predicted molar refractivity (Wildman–Crippen MR) is 99.3 cm³/mol. The van der Waals surface area contributed by atoms with Crippen LogP contribution < -0.4 is 5.32 Å². The molecule has 7 heteroatoms. The number of carbonyl (C=O) groups is 2. The van der Waals surface area contributed by atoms with Crippen molar-refractivity contribution < 1.29 is 9.59 Å². The molecule has 0 unspecified atom stereocenters. The van der Waals surface area contributed by atoms with Crippen molar-refractivity contribution >= 4 is 23.3 Å². The van der Waals surface area contributed by atoms with Gasteiger partial charge >= 0.3 is 0 Å². The Morgan fingerprint density at radius 3 is 2.15 bits per heavy atom. The van der Waals surface area contributed by atoms with Gasteiger partial charge in [0.2, 0.25) is 5.91 Å². The molecular weight excluding hydrogens is 330 g/mol. The summed E-state index contributed by atoms with van der Waals surface area (Å²) in [5.41, 5.74) is 2.51. The van der Waals surface area contributed by atoms with Gasteiger partial charge in [0.25, 0.3) is 5.91 Å². The largest absolute Gasteiger partial charge is 0.339 e.